The zero-order chi connectivity index (χ0) is 10.3. The Morgan fingerprint density at radius 3 is 2.87 bits per heavy atom. The first-order valence-corrected chi connectivity index (χ1v) is 5.32. The molecule has 0 aliphatic rings. The van der Waals surface area contributed by atoms with Gasteiger partial charge in [0.25, 0.3) is 0 Å². The highest BCUT2D eigenvalue weighted by Crippen LogP contribution is 2.24. The second-order valence-corrected chi connectivity index (χ2v) is 3.98. The summed E-state index contributed by atoms with van der Waals surface area (Å²) in [6.45, 7) is 0. The Kier molecular flexibility index (Phi) is 1.89. The molecule has 3 aromatic rings. The molecule has 0 N–H and O–H groups in total. The summed E-state index contributed by atoms with van der Waals surface area (Å²) in [4.78, 5) is 4.44. The van der Waals surface area contributed by atoms with Crippen LogP contribution < -0.4 is 0 Å². The molecule has 0 bridgehead atoms. The number of pyridine rings is 1. The summed E-state index contributed by atoms with van der Waals surface area (Å²) in [7, 11) is 0. The number of halogens is 1. The van der Waals surface area contributed by atoms with Gasteiger partial charge in [0.1, 0.15) is 11.3 Å². The summed E-state index contributed by atoms with van der Waals surface area (Å²) < 4.78 is 8.12. The molecule has 0 atom stereocenters. The maximum atomic E-state index is 5.44. The van der Waals surface area contributed by atoms with Crippen molar-refractivity contribution in [2.45, 2.75) is 0 Å². The molecule has 0 saturated carbocycles. The summed E-state index contributed by atoms with van der Waals surface area (Å²) in [5.74, 6) is 0.769. The fraction of sp³-hybridized carbons (Fsp3) is 0. The Labute approximate surface area is 94.5 Å². The van der Waals surface area contributed by atoms with Crippen LogP contribution in [0.15, 0.2) is 51.8 Å². The van der Waals surface area contributed by atoms with Gasteiger partial charge in [0.05, 0.1) is 0 Å². The van der Waals surface area contributed by atoms with E-state index in [4.69, 9.17) is 4.42 Å². The van der Waals surface area contributed by atoms with Crippen molar-refractivity contribution in [3.05, 3.63) is 47.4 Å². The molecular formula is C11H7BrN2O. The SMILES string of the molecule is Brc1ccc(-c2cn3ccccc3n2)o1. The third kappa shape index (κ3) is 1.47. The number of imidazole rings is 1. The van der Waals surface area contributed by atoms with Gasteiger partial charge in [0.2, 0.25) is 0 Å². The highest BCUT2D eigenvalue weighted by atomic mass is 79.9. The molecule has 3 heterocycles. The lowest BCUT2D eigenvalue weighted by molar-refractivity contribution is 0.554. The van der Waals surface area contributed by atoms with Crippen molar-refractivity contribution in [2.75, 3.05) is 0 Å². The van der Waals surface area contributed by atoms with E-state index in [0.717, 1.165) is 21.8 Å². The molecule has 3 nitrogen and oxygen atoms in total. The second kappa shape index (κ2) is 3.24. The Bertz CT molecular complexity index is 579. The smallest absolute Gasteiger partial charge is 0.169 e. The normalized spacial score (nSPS) is 11.0. The topological polar surface area (TPSA) is 30.4 Å². The average Bonchev–Trinajstić information content (AvgIpc) is 2.82. The van der Waals surface area contributed by atoms with E-state index in [-0.39, 0.29) is 0 Å². The average molecular weight is 263 g/mol. The van der Waals surface area contributed by atoms with Crippen molar-refractivity contribution >= 4 is 21.6 Å². The summed E-state index contributed by atoms with van der Waals surface area (Å²) in [5, 5.41) is 0. The minimum atomic E-state index is 0.717. The molecule has 0 spiro atoms. The maximum absolute atomic E-state index is 5.44. The van der Waals surface area contributed by atoms with Crippen LogP contribution in [-0.2, 0) is 0 Å². The van der Waals surface area contributed by atoms with E-state index >= 15 is 0 Å². The summed E-state index contributed by atoms with van der Waals surface area (Å²) in [5.41, 5.74) is 1.76. The molecule has 4 heteroatoms. The van der Waals surface area contributed by atoms with E-state index in [1.807, 2.05) is 47.1 Å². The first-order valence-electron chi connectivity index (χ1n) is 4.52. The number of furan rings is 1. The highest BCUT2D eigenvalue weighted by molar-refractivity contribution is 9.10. The zero-order valence-electron chi connectivity index (χ0n) is 7.72. The van der Waals surface area contributed by atoms with Crippen molar-refractivity contribution in [1.82, 2.24) is 9.38 Å². The fourth-order valence-electron chi connectivity index (χ4n) is 1.51. The van der Waals surface area contributed by atoms with E-state index < -0.39 is 0 Å². The minimum Gasteiger partial charge on any atom is -0.448 e. The minimum absolute atomic E-state index is 0.717. The van der Waals surface area contributed by atoms with Crippen molar-refractivity contribution in [3.8, 4) is 11.5 Å². The van der Waals surface area contributed by atoms with E-state index in [1.165, 1.54) is 0 Å². The van der Waals surface area contributed by atoms with Crippen LogP contribution in [0.25, 0.3) is 17.1 Å². The highest BCUT2D eigenvalue weighted by Gasteiger charge is 2.07. The molecule has 3 rings (SSSR count). The van der Waals surface area contributed by atoms with Crippen LogP contribution in [0, 0.1) is 0 Å². The maximum Gasteiger partial charge on any atom is 0.169 e. The molecule has 0 radical (unpaired) electrons. The third-order valence-corrected chi connectivity index (χ3v) is 2.62. The van der Waals surface area contributed by atoms with Crippen molar-refractivity contribution in [3.63, 3.8) is 0 Å². The number of hydrogen-bond acceptors (Lipinski definition) is 2. The largest absolute Gasteiger partial charge is 0.448 e. The molecule has 0 aliphatic carbocycles. The van der Waals surface area contributed by atoms with Gasteiger partial charge in [-0.1, -0.05) is 6.07 Å². The number of hydrogen-bond donors (Lipinski definition) is 0. The number of rotatable bonds is 1. The lowest BCUT2D eigenvalue weighted by Gasteiger charge is -1.86. The molecule has 0 aliphatic heterocycles. The molecule has 0 saturated heterocycles. The van der Waals surface area contributed by atoms with Gasteiger partial charge in [0.15, 0.2) is 10.4 Å². The molecule has 0 amide bonds. The molecule has 0 aromatic carbocycles. The van der Waals surface area contributed by atoms with Gasteiger partial charge in [-0.25, -0.2) is 4.98 Å². The standard InChI is InChI=1S/C11H7BrN2O/c12-10-5-4-9(15-10)8-7-14-6-2-1-3-11(14)13-8/h1-7H. The molecule has 74 valence electrons. The number of fused-ring (bicyclic) bond motifs is 1. The predicted molar refractivity (Wildman–Crippen MR) is 60.6 cm³/mol. The van der Waals surface area contributed by atoms with Crippen LogP contribution in [0.5, 0.6) is 0 Å². The van der Waals surface area contributed by atoms with Gasteiger partial charge >= 0.3 is 0 Å². The third-order valence-electron chi connectivity index (χ3n) is 2.19. The van der Waals surface area contributed by atoms with Crippen molar-refractivity contribution in [1.29, 1.82) is 0 Å². The van der Waals surface area contributed by atoms with E-state index in [0.29, 0.717) is 0 Å². The Morgan fingerprint density at radius 2 is 2.13 bits per heavy atom. The van der Waals surface area contributed by atoms with Gasteiger partial charge in [-0.3, -0.25) is 0 Å². The first-order chi connectivity index (χ1) is 7.33. The van der Waals surface area contributed by atoms with Gasteiger partial charge in [0, 0.05) is 12.4 Å². The number of aromatic nitrogens is 2. The van der Waals surface area contributed by atoms with Crippen LogP contribution >= 0.6 is 15.9 Å². The summed E-state index contributed by atoms with van der Waals surface area (Å²) >= 11 is 3.27. The quantitative estimate of drug-likeness (QED) is 0.674. The molecular weight excluding hydrogens is 256 g/mol. The summed E-state index contributed by atoms with van der Waals surface area (Å²) in [6, 6.07) is 9.65. The van der Waals surface area contributed by atoms with Crippen molar-refractivity contribution < 1.29 is 4.42 Å². The van der Waals surface area contributed by atoms with E-state index in [2.05, 4.69) is 20.9 Å². The Balaban J connectivity index is 2.19. The van der Waals surface area contributed by atoms with E-state index in [9.17, 15) is 0 Å². The van der Waals surface area contributed by atoms with Crippen LogP contribution in [0.4, 0.5) is 0 Å². The first kappa shape index (κ1) is 8.73. The lowest BCUT2D eigenvalue weighted by Crippen LogP contribution is -1.77. The monoisotopic (exact) mass is 262 g/mol. The van der Waals surface area contributed by atoms with Crippen LogP contribution in [0.1, 0.15) is 0 Å². The molecule has 3 aromatic heterocycles. The molecule has 0 fully saturated rings. The molecule has 15 heavy (non-hydrogen) atoms. The van der Waals surface area contributed by atoms with Crippen LogP contribution in [-0.4, -0.2) is 9.38 Å². The van der Waals surface area contributed by atoms with Crippen LogP contribution in [0.2, 0.25) is 0 Å². The molecule has 0 unspecified atom stereocenters. The van der Waals surface area contributed by atoms with Gasteiger partial charge in [-0.05, 0) is 40.2 Å². The van der Waals surface area contributed by atoms with Gasteiger partial charge in [-0.15, -0.1) is 0 Å². The van der Waals surface area contributed by atoms with Gasteiger partial charge in [-0.2, -0.15) is 0 Å². The van der Waals surface area contributed by atoms with Crippen molar-refractivity contribution in [2.24, 2.45) is 0 Å². The predicted octanol–water partition coefficient (Wildman–Crippen LogP) is 3.36. The fourth-order valence-corrected chi connectivity index (χ4v) is 1.81. The zero-order valence-corrected chi connectivity index (χ0v) is 9.31. The van der Waals surface area contributed by atoms with E-state index in [1.54, 1.807) is 0 Å². The van der Waals surface area contributed by atoms with Crippen LogP contribution in [0.3, 0.4) is 0 Å². The van der Waals surface area contributed by atoms with Gasteiger partial charge < -0.3 is 8.82 Å². The Hall–Kier alpha value is -1.55. The number of nitrogens with zero attached hydrogens (tertiary/aromatic N) is 2. The lowest BCUT2D eigenvalue weighted by atomic mass is 10.4. The second-order valence-electron chi connectivity index (χ2n) is 3.20. The summed E-state index contributed by atoms with van der Waals surface area (Å²) in [6.07, 6.45) is 3.91. The Morgan fingerprint density at radius 1 is 1.20 bits per heavy atom.